The molecule has 3 aliphatic rings. The molecule has 1 fully saturated rings. The zero-order chi connectivity index (χ0) is 21.8. The lowest BCUT2D eigenvalue weighted by Crippen LogP contribution is -2.29. The Bertz CT molecular complexity index is 1350. The van der Waals surface area contributed by atoms with Crippen molar-refractivity contribution in [3.05, 3.63) is 61.7 Å². The number of hydrogen-bond donors (Lipinski definition) is 2. The predicted molar refractivity (Wildman–Crippen MR) is 124 cm³/mol. The lowest BCUT2D eigenvalue weighted by molar-refractivity contribution is -0.113. The number of anilines is 1. The molecular weight excluding hydrogens is 428 g/mol. The number of pyridine rings is 1. The van der Waals surface area contributed by atoms with Crippen LogP contribution in [-0.2, 0) is 22.5 Å². The molecule has 1 amide bonds. The molecule has 2 aromatic heterocycles. The van der Waals surface area contributed by atoms with Crippen LogP contribution in [0.1, 0.15) is 47.2 Å². The van der Waals surface area contributed by atoms with Crippen LogP contribution in [0.4, 0.5) is 5.82 Å². The van der Waals surface area contributed by atoms with E-state index in [0.29, 0.717) is 36.7 Å². The second-order valence-electron chi connectivity index (χ2n) is 8.67. The number of aromatic nitrogens is 3. The van der Waals surface area contributed by atoms with Crippen molar-refractivity contribution in [3.63, 3.8) is 0 Å². The average molecular weight is 453 g/mol. The number of nitrogens with zero attached hydrogens (tertiary/aromatic N) is 2. The molecule has 6 rings (SSSR count). The number of fused-ring (bicyclic) bond motifs is 1. The Morgan fingerprint density at radius 1 is 1.12 bits per heavy atom. The third-order valence-electron chi connectivity index (χ3n) is 6.75. The number of benzene rings is 1. The Morgan fingerprint density at radius 3 is 2.81 bits per heavy atom. The van der Waals surface area contributed by atoms with Gasteiger partial charge >= 0.3 is 0 Å². The number of carbonyl (C=O) groups is 1. The number of aromatic amines is 1. The van der Waals surface area contributed by atoms with E-state index in [-0.39, 0.29) is 28.8 Å². The van der Waals surface area contributed by atoms with E-state index in [1.54, 1.807) is 4.68 Å². The first-order chi connectivity index (χ1) is 15.6. The highest BCUT2D eigenvalue weighted by Gasteiger charge is 2.34. The molecule has 2 N–H and O–H groups in total. The van der Waals surface area contributed by atoms with Gasteiger partial charge in [0, 0.05) is 25.3 Å². The third-order valence-corrected chi connectivity index (χ3v) is 8.01. The molecule has 1 aromatic carbocycles. The summed E-state index contributed by atoms with van der Waals surface area (Å²) in [6.07, 6.45) is 3.40. The third kappa shape index (κ3) is 3.06. The zero-order valence-electron chi connectivity index (χ0n) is 17.6. The quantitative estimate of drug-likeness (QED) is 0.623. The van der Waals surface area contributed by atoms with Crippen molar-refractivity contribution in [2.24, 2.45) is 0 Å². The van der Waals surface area contributed by atoms with Gasteiger partial charge in [-0.2, -0.15) is 0 Å². The fourth-order valence-corrected chi connectivity index (χ4v) is 6.40. The number of thioether (sulfide) groups is 1. The lowest BCUT2D eigenvalue weighted by Gasteiger charge is -2.25. The van der Waals surface area contributed by atoms with Crippen LogP contribution < -0.4 is 16.4 Å². The molecule has 5 heterocycles. The minimum atomic E-state index is -0.514. The Morgan fingerprint density at radius 2 is 1.97 bits per heavy atom. The molecule has 3 aromatic rings. The number of hydrogen-bond acceptors (Lipinski definition) is 5. The maximum atomic E-state index is 13.6. The number of carbonyl (C=O) groups excluding carboxylic acids is 1. The molecule has 0 saturated carbocycles. The van der Waals surface area contributed by atoms with E-state index >= 15 is 0 Å². The first kappa shape index (κ1) is 19.9. The predicted octanol–water partition coefficient (Wildman–Crippen LogP) is 2.56. The summed E-state index contributed by atoms with van der Waals surface area (Å²) in [4.78, 5) is 39.4. The minimum absolute atomic E-state index is 0.0469. The average Bonchev–Trinajstić information content (AvgIpc) is 3.02. The summed E-state index contributed by atoms with van der Waals surface area (Å²) < 4.78 is 9.11. The van der Waals surface area contributed by atoms with Crippen LogP contribution in [0.5, 0.6) is 0 Å². The second kappa shape index (κ2) is 7.67. The molecule has 3 aliphatic heterocycles. The molecule has 1 atom stereocenters. The smallest absolute Gasteiger partial charge is 0.270 e. The van der Waals surface area contributed by atoms with Gasteiger partial charge in [0.25, 0.3) is 11.1 Å². The summed E-state index contributed by atoms with van der Waals surface area (Å²) in [6, 6.07) is 8.09. The highest BCUT2D eigenvalue weighted by Crippen LogP contribution is 2.41. The molecule has 8 nitrogen and oxygen atoms in total. The van der Waals surface area contributed by atoms with Crippen molar-refractivity contribution in [1.29, 1.82) is 0 Å². The van der Waals surface area contributed by atoms with Gasteiger partial charge in [0.1, 0.15) is 5.82 Å². The highest BCUT2D eigenvalue weighted by molar-refractivity contribution is 8.00. The summed E-state index contributed by atoms with van der Waals surface area (Å²) in [6.45, 7) is 1.90. The van der Waals surface area contributed by atoms with E-state index in [9.17, 15) is 14.4 Å². The van der Waals surface area contributed by atoms with Crippen LogP contribution in [0.15, 0.2) is 33.9 Å². The van der Waals surface area contributed by atoms with E-state index in [0.717, 1.165) is 36.6 Å². The van der Waals surface area contributed by atoms with Crippen LogP contribution in [0.3, 0.4) is 0 Å². The molecule has 0 radical (unpaired) electrons. The molecule has 32 heavy (non-hydrogen) atoms. The summed E-state index contributed by atoms with van der Waals surface area (Å²) >= 11 is 1.34. The first-order valence-corrected chi connectivity index (χ1v) is 12.2. The standard InChI is InChI=1S/C23H24N4O4S/c28-17-12-32-20(18-21(24-17)27(25-22(18)29)15-6-9-31-10-7-15)16-11-14-4-1-3-13-5-2-8-26(19(13)14)23(16)30/h1,3-4,11,15,20H,2,5-10,12H2,(H,24,28)(H,25,29)/t20-/m1/s1. The topological polar surface area (TPSA) is 98.1 Å². The van der Waals surface area contributed by atoms with Gasteiger partial charge in [0.05, 0.1) is 28.1 Å². The summed E-state index contributed by atoms with van der Waals surface area (Å²) in [5, 5.41) is 6.37. The van der Waals surface area contributed by atoms with Crippen LogP contribution in [0.2, 0.25) is 0 Å². The Kier molecular flexibility index (Phi) is 4.76. The molecule has 0 spiro atoms. The van der Waals surface area contributed by atoms with Crippen molar-refractivity contribution in [2.45, 2.75) is 43.5 Å². The van der Waals surface area contributed by atoms with Crippen LogP contribution >= 0.6 is 11.8 Å². The fraction of sp³-hybridized carbons (Fsp3) is 0.435. The number of nitrogens with one attached hydrogen (secondary N) is 2. The van der Waals surface area contributed by atoms with Crippen molar-refractivity contribution < 1.29 is 9.53 Å². The monoisotopic (exact) mass is 452 g/mol. The minimum Gasteiger partial charge on any atom is -0.381 e. The number of H-pyrrole nitrogens is 1. The number of ether oxygens (including phenoxy) is 1. The van der Waals surface area contributed by atoms with E-state index < -0.39 is 5.25 Å². The Hall–Kier alpha value is -2.78. The second-order valence-corrected chi connectivity index (χ2v) is 9.76. The maximum absolute atomic E-state index is 13.6. The van der Waals surface area contributed by atoms with Crippen LogP contribution in [-0.4, -0.2) is 39.2 Å². The first-order valence-electron chi connectivity index (χ1n) is 11.1. The molecule has 0 aliphatic carbocycles. The SMILES string of the molecule is O=C1CS[C@H](c2cc3cccc4c3n(c2=O)CCC4)c2c(n(C3CCOCC3)[nH]c2=O)N1. The molecule has 0 unspecified atom stereocenters. The van der Waals surface area contributed by atoms with E-state index in [2.05, 4.69) is 16.5 Å². The normalized spacial score (nSPS) is 21.2. The van der Waals surface area contributed by atoms with Gasteiger partial charge in [-0.1, -0.05) is 18.2 Å². The molecule has 1 saturated heterocycles. The van der Waals surface area contributed by atoms with Gasteiger partial charge in [-0.3, -0.25) is 24.2 Å². The Balaban J connectivity index is 1.55. The molecular formula is C23H24N4O4S. The zero-order valence-corrected chi connectivity index (χ0v) is 18.4. The van der Waals surface area contributed by atoms with Gasteiger partial charge in [0.2, 0.25) is 5.91 Å². The van der Waals surface area contributed by atoms with Crippen LogP contribution in [0, 0.1) is 0 Å². The van der Waals surface area contributed by atoms with E-state index in [1.165, 1.54) is 17.3 Å². The van der Waals surface area contributed by atoms with Crippen LogP contribution in [0.25, 0.3) is 10.9 Å². The number of aryl methyl sites for hydroxylation is 2. The van der Waals surface area contributed by atoms with Gasteiger partial charge in [-0.25, -0.2) is 0 Å². The van der Waals surface area contributed by atoms with E-state index in [1.807, 2.05) is 22.8 Å². The van der Waals surface area contributed by atoms with Crippen molar-refractivity contribution in [2.75, 3.05) is 24.3 Å². The van der Waals surface area contributed by atoms with Gasteiger partial charge in [-0.15, -0.1) is 11.8 Å². The van der Waals surface area contributed by atoms with Crippen molar-refractivity contribution in [3.8, 4) is 0 Å². The number of para-hydroxylation sites is 1. The molecule has 0 bridgehead atoms. The molecule has 9 heteroatoms. The number of rotatable bonds is 2. The molecule has 166 valence electrons. The van der Waals surface area contributed by atoms with Gasteiger partial charge in [-0.05, 0) is 42.7 Å². The Labute approximate surface area is 187 Å². The lowest BCUT2D eigenvalue weighted by atomic mass is 9.98. The summed E-state index contributed by atoms with van der Waals surface area (Å²) in [5.41, 5.74) is 2.89. The van der Waals surface area contributed by atoms with Crippen molar-refractivity contribution >= 4 is 34.4 Å². The maximum Gasteiger partial charge on any atom is 0.270 e. The van der Waals surface area contributed by atoms with Crippen molar-refractivity contribution in [1.82, 2.24) is 14.3 Å². The summed E-state index contributed by atoms with van der Waals surface area (Å²) in [7, 11) is 0. The van der Waals surface area contributed by atoms with Gasteiger partial charge < -0.3 is 14.6 Å². The number of amides is 1. The van der Waals surface area contributed by atoms with Gasteiger partial charge in [0.15, 0.2) is 0 Å². The van der Waals surface area contributed by atoms with E-state index in [4.69, 9.17) is 4.74 Å². The summed E-state index contributed by atoms with van der Waals surface area (Å²) in [5.74, 6) is 0.515. The fourth-order valence-electron chi connectivity index (χ4n) is 5.28. The largest absolute Gasteiger partial charge is 0.381 e. The highest BCUT2D eigenvalue weighted by atomic mass is 32.2.